The molecule has 2 nitrogen and oxygen atoms in total. The van der Waals surface area contributed by atoms with Crippen molar-refractivity contribution in [1.82, 2.24) is 0 Å². The van der Waals surface area contributed by atoms with Gasteiger partial charge in [-0.1, -0.05) is 262 Å². The van der Waals surface area contributed by atoms with Crippen molar-refractivity contribution in [2.45, 2.75) is 83.0 Å². The topological polar surface area (TPSA) is 6.48 Å². The second-order valence-electron chi connectivity index (χ2n) is 27.6. The van der Waals surface area contributed by atoms with Crippen LogP contribution in [0.25, 0.3) is 77.2 Å². The van der Waals surface area contributed by atoms with Gasteiger partial charge in [0.15, 0.2) is 0 Å². The molecule has 12 aromatic carbocycles. The van der Waals surface area contributed by atoms with Gasteiger partial charge in [-0.3, -0.25) is 0 Å². The van der Waals surface area contributed by atoms with Gasteiger partial charge < -0.3 is 9.80 Å². The van der Waals surface area contributed by atoms with Crippen LogP contribution >= 0.6 is 0 Å². The highest BCUT2D eigenvalue weighted by Gasteiger charge is 2.46. The number of benzene rings is 12. The maximum atomic E-state index is 2.66. The predicted octanol–water partition coefficient (Wildman–Crippen LogP) is 23.3. The highest BCUT2D eigenvalue weighted by molar-refractivity contribution is 6.24. The first kappa shape index (κ1) is 52.6. The molecule has 2 heteroatoms. The van der Waals surface area contributed by atoms with Crippen molar-refractivity contribution in [3.63, 3.8) is 0 Å². The molecular weight excluding hydrogens is 1060 g/mol. The monoisotopic (exact) mass is 1130 g/mol. The van der Waals surface area contributed by atoms with Crippen LogP contribution in [-0.2, 0) is 21.7 Å². The summed E-state index contributed by atoms with van der Waals surface area (Å²) in [6.45, 7) is 19.4. The van der Waals surface area contributed by atoms with Crippen LogP contribution in [0.2, 0.25) is 0 Å². The molecule has 5 aliphatic carbocycles. The summed E-state index contributed by atoms with van der Waals surface area (Å²) in [5.74, 6) is 0.633. The highest BCUT2D eigenvalue weighted by atomic mass is 15.2. The molecule has 0 bridgehead atoms. The minimum absolute atomic E-state index is 0.0396. The molecule has 0 N–H and O–H groups in total. The molecule has 0 spiro atoms. The summed E-state index contributed by atoms with van der Waals surface area (Å²) < 4.78 is 0. The van der Waals surface area contributed by atoms with E-state index >= 15 is 0 Å². The summed E-state index contributed by atoms with van der Waals surface area (Å²) in [4.78, 5) is 5.30. The summed E-state index contributed by atoms with van der Waals surface area (Å²) >= 11 is 0. The Morgan fingerprint density at radius 1 is 0.273 bits per heavy atom. The van der Waals surface area contributed by atoms with E-state index in [1.807, 2.05) is 0 Å². The Bertz CT molecular complexity index is 4880. The van der Waals surface area contributed by atoms with Crippen molar-refractivity contribution in [1.29, 1.82) is 0 Å². The van der Waals surface area contributed by atoms with E-state index in [9.17, 15) is 0 Å². The van der Waals surface area contributed by atoms with E-state index < -0.39 is 0 Å². The van der Waals surface area contributed by atoms with Crippen molar-refractivity contribution in [3.8, 4) is 55.6 Å². The van der Waals surface area contributed by atoms with E-state index in [1.54, 1.807) is 0 Å². The van der Waals surface area contributed by atoms with Gasteiger partial charge in [0.05, 0.1) is 11.4 Å². The summed E-state index contributed by atoms with van der Waals surface area (Å²) in [5, 5.41) is 4.68. The molecule has 0 amide bonds. The molecule has 12 aromatic rings. The molecule has 5 aliphatic rings. The van der Waals surface area contributed by atoms with Gasteiger partial charge in [-0.25, -0.2) is 0 Å². The Hall–Kier alpha value is -9.76. The molecular formula is C86H70N2. The van der Waals surface area contributed by atoms with Crippen LogP contribution in [0.1, 0.15) is 106 Å². The van der Waals surface area contributed by atoms with Crippen molar-refractivity contribution < 1.29 is 0 Å². The molecule has 424 valence electrons. The number of fused-ring (bicyclic) bond motifs is 14. The Kier molecular flexibility index (Phi) is 11.3. The number of rotatable bonds is 8. The van der Waals surface area contributed by atoms with Gasteiger partial charge in [0.2, 0.25) is 0 Å². The van der Waals surface area contributed by atoms with Crippen molar-refractivity contribution >= 4 is 55.7 Å². The lowest BCUT2D eigenvalue weighted by atomic mass is 9.74. The Balaban J connectivity index is 1.01. The number of hydrogen-bond acceptors (Lipinski definition) is 2. The number of nitrogens with zero attached hydrogens (tertiary/aromatic N) is 2. The van der Waals surface area contributed by atoms with Crippen LogP contribution in [0.3, 0.4) is 0 Å². The van der Waals surface area contributed by atoms with Gasteiger partial charge in [0, 0.05) is 66.5 Å². The van der Waals surface area contributed by atoms with Crippen LogP contribution in [0, 0.1) is 5.92 Å². The minimum Gasteiger partial charge on any atom is -0.309 e. The average molecular weight is 1130 g/mol. The summed E-state index contributed by atoms with van der Waals surface area (Å²) in [5.41, 5.74) is 29.7. The highest BCUT2D eigenvalue weighted by Crippen LogP contribution is 2.60. The zero-order valence-corrected chi connectivity index (χ0v) is 51.5. The van der Waals surface area contributed by atoms with Gasteiger partial charge in [-0.15, -0.1) is 0 Å². The molecule has 0 radical (unpaired) electrons. The maximum absolute atomic E-state index is 2.66. The smallest absolute Gasteiger partial charge is 0.0620 e. The van der Waals surface area contributed by atoms with E-state index in [-0.39, 0.29) is 27.6 Å². The van der Waals surface area contributed by atoms with Gasteiger partial charge in [0.25, 0.3) is 0 Å². The van der Waals surface area contributed by atoms with E-state index in [0.29, 0.717) is 5.92 Å². The number of hydrogen-bond donors (Lipinski definition) is 0. The van der Waals surface area contributed by atoms with Crippen molar-refractivity contribution in [3.05, 3.63) is 311 Å². The first-order valence-corrected chi connectivity index (χ1v) is 31.7. The molecule has 88 heavy (non-hydrogen) atoms. The van der Waals surface area contributed by atoms with Gasteiger partial charge in [-0.2, -0.15) is 0 Å². The molecule has 0 aromatic heterocycles. The Morgan fingerprint density at radius 3 is 1.07 bits per heavy atom. The van der Waals surface area contributed by atoms with E-state index in [2.05, 4.69) is 332 Å². The lowest BCUT2D eigenvalue weighted by molar-refractivity contribution is 0.394. The first-order chi connectivity index (χ1) is 42.7. The van der Waals surface area contributed by atoms with Gasteiger partial charge in [0.1, 0.15) is 0 Å². The fraction of sp³-hybridized carbons (Fsp3) is 0.163. The van der Waals surface area contributed by atoms with Gasteiger partial charge >= 0.3 is 0 Å². The van der Waals surface area contributed by atoms with E-state index in [4.69, 9.17) is 0 Å². The maximum Gasteiger partial charge on any atom is 0.0620 e. The lowest BCUT2D eigenvalue weighted by Gasteiger charge is -2.35. The molecule has 0 saturated heterocycles. The van der Waals surface area contributed by atoms with Crippen LogP contribution in [0.4, 0.5) is 34.1 Å². The second kappa shape index (κ2) is 18.9. The summed E-state index contributed by atoms with van der Waals surface area (Å²) in [6.07, 6.45) is 9.42. The third kappa shape index (κ3) is 7.48. The quantitative estimate of drug-likeness (QED) is 0.111. The molecule has 2 unspecified atom stereocenters. The normalized spacial score (nSPS) is 17.6. The third-order valence-electron chi connectivity index (χ3n) is 21.5. The fourth-order valence-electron chi connectivity index (χ4n) is 16.9. The standard InChI is InChI=1S/C86H70N2/c1-83(2)76-34-22-18-30-64(76)70-49-57(40-46-77(70)83)87(58-37-43-65-61-27-15-19-31-73(61)84(3,4)78(65)50-58)81-68-41-35-56(54-25-13-10-14-26-54)48-72(68)82(69-42-36-55(47-71(69)81)53-23-11-9-12-24-53)88(59-38-44-66-62-28-16-20-32-74(62)85(5,6)79(66)51-59)60-39-45-67-63-29-17-21-33-75(63)86(7,8)80(67)52-60/h9-52,64,76H,1-8H3. The third-order valence-corrected chi connectivity index (χ3v) is 21.5. The van der Waals surface area contributed by atoms with Crippen molar-refractivity contribution in [2.24, 2.45) is 5.92 Å². The van der Waals surface area contributed by atoms with Crippen LogP contribution < -0.4 is 9.80 Å². The van der Waals surface area contributed by atoms with Gasteiger partial charge in [-0.05, 0) is 172 Å². The molecule has 0 saturated carbocycles. The predicted molar refractivity (Wildman–Crippen MR) is 372 cm³/mol. The summed E-state index contributed by atoms with van der Waals surface area (Å²) in [7, 11) is 0. The lowest BCUT2D eigenvalue weighted by Crippen LogP contribution is -2.24. The van der Waals surface area contributed by atoms with Crippen molar-refractivity contribution in [2.75, 3.05) is 9.80 Å². The zero-order chi connectivity index (χ0) is 59.6. The van der Waals surface area contributed by atoms with Crippen LogP contribution in [-0.4, -0.2) is 0 Å². The average Bonchev–Trinajstić information content (AvgIpc) is 1.48. The fourth-order valence-corrected chi connectivity index (χ4v) is 16.9. The zero-order valence-electron chi connectivity index (χ0n) is 51.5. The number of anilines is 6. The van der Waals surface area contributed by atoms with Crippen LogP contribution in [0.15, 0.2) is 267 Å². The van der Waals surface area contributed by atoms with E-state index in [1.165, 1.54) is 122 Å². The second-order valence-corrected chi connectivity index (χ2v) is 27.6. The molecule has 0 aliphatic heterocycles. The Labute approximate surface area is 518 Å². The molecule has 2 atom stereocenters. The minimum atomic E-state index is -0.227. The Morgan fingerprint density at radius 2 is 0.636 bits per heavy atom. The molecule has 17 rings (SSSR count). The number of allylic oxidation sites excluding steroid dienone is 4. The van der Waals surface area contributed by atoms with E-state index in [0.717, 1.165) is 34.1 Å². The first-order valence-electron chi connectivity index (χ1n) is 31.7. The largest absolute Gasteiger partial charge is 0.309 e. The summed E-state index contributed by atoms with van der Waals surface area (Å²) in [6, 6.07) is 93.3. The van der Waals surface area contributed by atoms with Crippen LogP contribution in [0.5, 0.6) is 0 Å². The molecule has 0 fully saturated rings. The molecule has 0 heterocycles. The SMILES string of the molecule is CC1(C)c2ccccc2-c2ccc(N(c3ccc4c(c3)C3C=CC=CC3C4(C)C)c3c4ccc(-c5ccccc5)cc4c(N(c4ccc5c(c4)C(C)(C)c4ccccc4-5)c4ccc5c(c4)C(C)(C)c4ccccc4-5)c4ccc(-c5ccccc5)cc34)cc21.